The number of amides is 2. The Morgan fingerprint density at radius 3 is 1.25 bits per heavy atom. The number of hydrogen-bond acceptors (Lipinski definition) is 46. The number of carbonyl (C=O) groups excluding carboxylic acids is 6. The molecule has 0 saturated carbocycles. The number of Topliss-reactive ketones (excluding diaryl/α,β-unsaturated/α-hetero) is 1. The van der Waals surface area contributed by atoms with Gasteiger partial charge in [0.25, 0.3) is 0 Å². The van der Waals surface area contributed by atoms with Crippen LogP contribution >= 0.6 is 0 Å². The number of aliphatic hydroxyl groups is 6. The third-order valence-electron chi connectivity index (χ3n) is 22.9. The maximum Gasteiger partial charge on any atom is 1.00 e. The van der Waals surface area contributed by atoms with Crippen LogP contribution in [0.15, 0.2) is 30.3 Å². The quantitative estimate of drug-likeness (QED) is 0.0165. The van der Waals surface area contributed by atoms with Crippen LogP contribution in [-0.2, 0) is 173 Å². The molecule has 0 aromatic heterocycles. The number of aliphatic hydroxyl groups excluding tert-OH is 6. The van der Waals surface area contributed by atoms with E-state index in [1.54, 1.807) is 13.8 Å². The molecule has 780 valence electrons. The van der Waals surface area contributed by atoms with Crippen molar-refractivity contribution in [3.8, 4) is 0 Å². The monoisotopic (exact) mass is 2000 g/mol. The number of ketones is 1. The maximum atomic E-state index is 12.2. The molecule has 0 radical (unpaired) electrons. The molecule has 0 aliphatic carbocycles. The Hall–Kier alpha value is -3.24. The molecule has 13 unspecified atom stereocenters. The summed E-state index contributed by atoms with van der Waals surface area (Å²) in [5.41, 5.74) is 17.3. The van der Waals surface area contributed by atoms with Gasteiger partial charge in [0.1, 0.15) is 129 Å². The number of nitrogens with one attached hydrogen (secondary N) is 2. The van der Waals surface area contributed by atoms with Crippen LogP contribution in [0.5, 0.6) is 0 Å². The summed E-state index contributed by atoms with van der Waals surface area (Å²) in [6, 6.07) is 5.22. The zero-order valence-electron chi connectivity index (χ0n) is 82.0. The van der Waals surface area contributed by atoms with Gasteiger partial charge in [-0.2, -0.15) is 0 Å². The topological polar surface area (TPSA) is 640 Å². The van der Waals surface area contributed by atoms with E-state index >= 15 is 0 Å². The smallest absolute Gasteiger partial charge is 0.550 e. The van der Waals surface area contributed by atoms with Gasteiger partial charge in [-0.15, -0.1) is 0 Å². The molecule has 2 amide bonds. The number of aliphatic carboxylic acids is 2. The second-order valence-corrected chi connectivity index (χ2v) is 37.8. The summed E-state index contributed by atoms with van der Waals surface area (Å²) in [6.45, 7) is 33.7. The van der Waals surface area contributed by atoms with Crippen molar-refractivity contribution in [2.45, 2.75) is 367 Å². The van der Waals surface area contributed by atoms with Crippen LogP contribution < -0.4 is 97.2 Å². The Kier molecular flexibility index (Phi) is 46.6. The van der Waals surface area contributed by atoms with Gasteiger partial charge in [0.05, 0.1) is 130 Å². The number of hydrogen-bond donors (Lipinski definition) is 11. The van der Waals surface area contributed by atoms with Gasteiger partial charge in [-0.05, 0) is 123 Å². The third-order valence-corrected chi connectivity index (χ3v) is 22.9. The van der Waals surface area contributed by atoms with Crippen LogP contribution in [0.25, 0.3) is 0 Å². The van der Waals surface area contributed by atoms with E-state index in [2.05, 4.69) is 10.6 Å². The van der Waals surface area contributed by atoms with Crippen molar-refractivity contribution in [1.82, 2.24) is 10.6 Å². The number of fused-ring (bicyclic) bond motifs is 4. The average molecular weight is 2010 g/mol. The number of carbonyl (C=O) groups is 6. The molecular formula is C88H143N5Na2O43. The first-order valence-electron chi connectivity index (χ1n) is 45.9. The zero-order chi connectivity index (χ0) is 99.6. The van der Waals surface area contributed by atoms with Gasteiger partial charge < -0.3 is 216 Å². The number of benzene rings is 1. The number of nitrogens with two attached hydrogens (primary N) is 3. The first-order chi connectivity index (χ1) is 63.9. The summed E-state index contributed by atoms with van der Waals surface area (Å²) < 4.78 is 166. The SMILES string of the molecule is CC1(C)OCC([C@H]2O[C@@H]3OC(C)(C)OC3[C@@H]2O)O1.CC1(C)OCC([C@H]2O[C@@H]3OC(C)(C)OC3[C@@H]2OCCO)O1.CC1(C)OCC([C@H]2O[C@@H]3OC(C)(C)OC3[C@@H]2OCCOCCN)O1.CC1(C)OCC([C@H]2O[C@@H]3OC(C)(C)OC3[C@@H]2OCCOCCNC(=O)C(N)CC(=O)OCc2ccccc2)O1.NC(CC(=O)NC(CC(=O)[O-])C(=O)CCCOCCO[C@@H]1C(O)[C@H](O)OC(CO)[C@H]1O)C(=O)[O-].[Na+].[Na+]. The van der Waals surface area contributed by atoms with Crippen molar-refractivity contribution < 1.29 is 266 Å². The summed E-state index contributed by atoms with van der Waals surface area (Å²) in [6.07, 6.45) is -16.7. The molecular weight excluding hydrogens is 1860 g/mol. The van der Waals surface area contributed by atoms with Crippen LogP contribution in [0.2, 0.25) is 0 Å². The Morgan fingerprint density at radius 1 is 0.442 bits per heavy atom. The van der Waals surface area contributed by atoms with E-state index in [1.807, 2.05) is 127 Å². The van der Waals surface area contributed by atoms with Crippen molar-refractivity contribution >= 4 is 35.5 Å². The minimum atomic E-state index is -1.68. The normalized spacial score (nSPS) is 35.0. The summed E-state index contributed by atoms with van der Waals surface area (Å²) in [5, 5.41) is 84.0. The van der Waals surface area contributed by atoms with E-state index in [9.17, 15) is 59.4 Å². The minimum absolute atomic E-state index is 0. The molecule has 13 fully saturated rings. The van der Waals surface area contributed by atoms with E-state index in [0.29, 0.717) is 52.8 Å². The molecule has 138 heavy (non-hydrogen) atoms. The first kappa shape index (κ1) is 120. The van der Waals surface area contributed by atoms with Crippen LogP contribution in [0, 0.1) is 0 Å². The Labute approximate surface area is 846 Å². The van der Waals surface area contributed by atoms with E-state index in [-0.39, 0.29) is 205 Å². The zero-order valence-corrected chi connectivity index (χ0v) is 86.0. The summed E-state index contributed by atoms with van der Waals surface area (Å²) >= 11 is 0. The minimum Gasteiger partial charge on any atom is -0.550 e. The fourth-order valence-corrected chi connectivity index (χ4v) is 16.8. The summed E-state index contributed by atoms with van der Waals surface area (Å²) in [5.74, 6) is -11.3. The molecule has 50 heteroatoms. The first-order valence-corrected chi connectivity index (χ1v) is 45.9. The molecule has 48 nitrogen and oxygen atoms in total. The number of carboxylic acid groups (broad SMARTS) is 2. The van der Waals surface area contributed by atoms with E-state index in [4.69, 9.17) is 165 Å². The Morgan fingerprint density at radius 2 is 0.848 bits per heavy atom. The van der Waals surface area contributed by atoms with E-state index in [0.717, 1.165) is 5.56 Å². The fraction of sp³-hybridized carbons (Fsp3) is 0.864. The Bertz CT molecular complexity index is 3910. The standard InChI is InChI=1S/C27H40N2O10.C19H32N2O13.C16H29NO7.C14H24O7.C12H20O6.2Na/c1-26(2)35-16-19(37-26)21-22(23-25(36-21)39-27(3,4)38-23)33-13-12-32-11-10-29-24(31)18(28)14-20(30)34-15-17-8-6-5-7-9-17;20-9(18(29)30)6-13(24)21-10(7-14(25)26)11(23)2-1-3-32-4-5-33-17-15(27)12(8-22)34-19(31)16(17)28;1-15(2)20-9-10(22-15)11-12(19-8-7-18-6-5-17)13-14(21-11)24-16(3,4)23-13;1-13(2)17-7-8(19-13)9-10(16-6-5-15)11-12(18-9)21-14(3,4)20-11;1-11(2)14-5-6(16-11)8-7(13)9-10(15-8)18-12(3,4)17-9;;/h5-9,18-19,21-23,25H,10-16,28H2,1-4H3,(H,29,31);9-10,12,15-17,19,22,27-28,31H,1-8,20H2,(H,21,24)(H,25,26)(H,29,30);10-14H,5-9,17H2,1-4H3;8-12,15H,5-7H2,1-4H3;6-10,13H,5H2,1-4H3;;/q;;;;;2*+1/p-2/t18?,19?,21-,22-,23?,25-;9?,10?,12?,15-,16?,17+,19-;10?,11-,12-,13?,14-;8?,9-,10-,11?,12-;6?,7-,8-,9?,10-;;/m11111../s1. The van der Waals surface area contributed by atoms with Gasteiger partial charge in [0.2, 0.25) is 11.8 Å². The van der Waals surface area contributed by atoms with E-state index in [1.165, 1.54) is 0 Å². The second kappa shape index (κ2) is 53.6. The summed E-state index contributed by atoms with van der Waals surface area (Å²) in [4.78, 5) is 69.6. The predicted octanol–water partition coefficient (Wildman–Crippen LogP) is -10.6. The fourth-order valence-electron chi connectivity index (χ4n) is 16.8. The number of carboxylic acids is 2. The molecule has 28 atom stereocenters. The molecule has 1 aromatic carbocycles. The van der Waals surface area contributed by atoms with Crippen LogP contribution in [-0.4, -0.2) is 403 Å². The van der Waals surface area contributed by atoms with Crippen molar-refractivity contribution in [1.29, 1.82) is 0 Å². The molecule has 14 rings (SSSR count). The largest absolute Gasteiger partial charge is 1.00 e. The number of ether oxygens (including phenoxy) is 29. The van der Waals surface area contributed by atoms with Gasteiger partial charge >= 0.3 is 65.1 Å². The predicted molar refractivity (Wildman–Crippen MR) is 453 cm³/mol. The molecule has 13 aliphatic rings. The third kappa shape index (κ3) is 35.5. The van der Waals surface area contributed by atoms with Gasteiger partial charge in [-0.3, -0.25) is 19.2 Å². The van der Waals surface area contributed by atoms with Crippen molar-refractivity contribution in [3.63, 3.8) is 0 Å². The van der Waals surface area contributed by atoms with Crippen molar-refractivity contribution in [3.05, 3.63) is 35.9 Å². The van der Waals surface area contributed by atoms with Crippen LogP contribution in [0.4, 0.5) is 0 Å². The van der Waals surface area contributed by atoms with Gasteiger partial charge in [0.15, 0.2) is 83.5 Å². The number of rotatable bonds is 41. The number of esters is 1. The molecule has 14 N–H and O–H groups in total. The Balaban J connectivity index is 0.000000216. The van der Waals surface area contributed by atoms with E-state index < -0.39 is 212 Å². The molecule has 13 heterocycles. The van der Waals surface area contributed by atoms with Crippen molar-refractivity contribution in [2.75, 3.05) is 119 Å². The molecule has 0 bridgehead atoms. The second-order valence-electron chi connectivity index (χ2n) is 37.8. The molecule has 0 spiro atoms. The average Bonchev–Trinajstić information content (AvgIpc) is 1.61. The summed E-state index contributed by atoms with van der Waals surface area (Å²) in [7, 11) is 0. The van der Waals surface area contributed by atoms with Crippen LogP contribution in [0.3, 0.4) is 0 Å². The molecule has 13 saturated heterocycles. The van der Waals surface area contributed by atoms with Gasteiger partial charge in [0, 0.05) is 44.9 Å². The van der Waals surface area contributed by atoms with Crippen LogP contribution in [0.1, 0.15) is 148 Å². The van der Waals surface area contributed by atoms with Crippen molar-refractivity contribution in [2.24, 2.45) is 17.2 Å². The van der Waals surface area contributed by atoms with Gasteiger partial charge in [-0.1, -0.05) is 30.3 Å². The molecule has 1 aromatic rings. The molecule has 13 aliphatic heterocycles. The maximum absolute atomic E-state index is 12.2. The van der Waals surface area contributed by atoms with Gasteiger partial charge in [-0.25, -0.2) is 0 Å².